The predicted molar refractivity (Wildman–Crippen MR) is 89.2 cm³/mol. The van der Waals surface area contributed by atoms with Crippen molar-refractivity contribution in [1.29, 1.82) is 0 Å². The van der Waals surface area contributed by atoms with Crippen molar-refractivity contribution in [3.8, 4) is 10.6 Å². The minimum absolute atomic E-state index is 0.717. The van der Waals surface area contributed by atoms with Crippen molar-refractivity contribution in [2.75, 3.05) is 6.54 Å². The predicted octanol–water partition coefficient (Wildman–Crippen LogP) is 4.95. The Hall–Kier alpha value is -0.710. The minimum Gasteiger partial charge on any atom is -0.312 e. The van der Waals surface area contributed by atoms with Gasteiger partial charge in [-0.05, 0) is 37.9 Å². The highest BCUT2D eigenvalue weighted by molar-refractivity contribution is 9.10. The van der Waals surface area contributed by atoms with Crippen LogP contribution in [0, 0.1) is 0 Å². The summed E-state index contributed by atoms with van der Waals surface area (Å²) in [6, 6.07) is 8.46. The van der Waals surface area contributed by atoms with Crippen molar-refractivity contribution >= 4 is 27.3 Å². The zero-order valence-electron chi connectivity index (χ0n) is 11.7. The topological polar surface area (TPSA) is 24.9 Å². The van der Waals surface area contributed by atoms with E-state index in [1.807, 2.05) is 11.3 Å². The number of hydrogen-bond donors (Lipinski definition) is 1. The molecule has 1 saturated carbocycles. The van der Waals surface area contributed by atoms with Gasteiger partial charge >= 0.3 is 0 Å². The molecule has 1 aromatic heterocycles. The molecule has 20 heavy (non-hydrogen) atoms. The Labute approximate surface area is 132 Å². The Morgan fingerprint density at radius 3 is 2.70 bits per heavy atom. The lowest BCUT2D eigenvalue weighted by atomic mass is 10.2. The number of aromatic nitrogens is 1. The molecule has 2 nitrogen and oxygen atoms in total. The average Bonchev–Trinajstić information content (AvgIpc) is 3.21. The highest BCUT2D eigenvalue weighted by atomic mass is 79.9. The van der Waals surface area contributed by atoms with Crippen LogP contribution in [0.25, 0.3) is 10.6 Å². The summed E-state index contributed by atoms with van der Waals surface area (Å²) in [5.74, 6) is 0.717. The summed E-state index contributed by atoms with van der Waals surface area (Å²) < 4.78 is 1.12. The van der Waals surface area contributed by atoms with E-state index in [0.717, 1.165) is 22.6 Å². The van der Waals surface area contributed by atoms with E-state index in [9.17, 15) is 0 Å². The van der Waals surface area contributed by atoms with Crippen molar-refractivity contribution in [1.82, 2.24) is 10.3 Å². The molecular formula is C16H19BrN2S. The van der Waals surface area contributed by atoms with E-state index in [1.165, 1.54) is 35.4 Å². The number of benzene rings is 1. The molecule has 0 spiro atoms. The molecule has 0 bridgehead atoms. The van der Waals surface area contributed by atoms with Crippen molar-refractivity contribution in [2.24, 2.45) is 0 Å². The van der Waals surface area contributed by atoms with Gasteiger partial charge in [-0.25, -0.2) is 4.98 Å². The van der Waals surface area contributed by atoms with E-state index in [0.29, 0.717) is 5.92 Å². The first-order valence-electron chi connectivity index (χ1n) is 7.24. The molecule has 0 radical (unpaired) electrons. The van der Waals surface area contributed by atoms with Crippen LogP contribution in [-0.4, -0.2) is 11.5 Å². The Morgan fingerprint density at radius 2 is 2.05 bits per heavy atom. The molecule has 1 aromatic carbocycles. The van der Waals surface area contributed by atoms with Crippen LogP contribution in [0.3, 0.4) is 0 Å². The van der Waals surface area contributed by atoms with Crippen molar-refractivity contribution in [2.45, 2.75) is 38.6 Å². The fourth-order valence-corrected chi connectivity index (χ4v) is 3.65. The van der Waals surface area contributed by atoms with Gasteiger partial charge in [0.25, 0.3) is 0 Å². The molecule has 1 N–H and O–H groups in total. The van der Waals surface area contributed by atoms with Gasteiger partial charge in [0.05, 0.1) is 5.69 Å². The maximum Gasteiger partial charge on any atom is 0.123 e. The molecule has 1 aliphatic carbocycles. The van der Waals surface area contributed by atoms with E-state index < -0.39 is 0 Å². The maximum absolute atomic E-state index is 4.91. The van der Waals surface area contributed by atoms with E-state index in [4.69, 9.17) is 4.98 Å². The van der Waals surface area contributed by atoms with Crippen molar-refractivity contribution in [3.05, 3.63) is 39.3 Å². The van der Waals surface area contributed by atoms with Crippen LogP contribution in [-0.2, 0) is 6.54 Å². The molecule has 1 aliphatic rings. The monoisotopic (exact) mass is 350 g/mol. The second kappa shape index (κ2) is 6.37. The van der Waals surface area contributed by atoms with Gasteiger partial charge in [0, 0.05) is 27.4 Å². The third-order valence-corrected chi connectivity index (χ3v) is 5.14. The maximum atomic E-state index is 4.91. The van der Waals surface area contributed by atoms with Gasteiger partial charge < -0.3 is 5.32 Å². The zero-order chi connectivity index (χ0) is 13.9. The summed E-state index contributed by atoms with van der Waals surface area (Å²) in [6.07, 6.45) is 3.80. The Bertz CT molecular complexity index is 573. The number of hydrogen-bond acceptors (Lipinski definition) is 3. The Morgan fingerprint density at radius 1 is 1.30 bits per heavy atom. The van der Waals surface area contributed by atoms with Gasteiger partial charge in [0.1, 0.15) is 5.01 Å². The Kier molecular flexibility index (Phi) is 4.54. The molecule has 0 amide bonds. The summed E-state index contributed by atoms with van der Waals surface area (Å²) in [5.41, 5.74) is 2.57. The molecule has 2 aromatic rings. The first kappa shape index (κ1) is 14.2. The molecule has 0 aliphatic heterocycles. The number of nitrogens with one attached hydrogen (secondary N) is 1. The van der Waals surface area contributed by atoms with Crippen molar-refractivity contribution in [3.63, 3.8) is 0 Å². The average molecular weight is 351 g/mol. The second-order valence-corrected chi connectivity index (χ2v) is 7.28. The van der Waals surface area contributed by atoms with Gasteiger partial charge in [0.2, 0.25) is 0 Å². The molecule has 106 valence electrons. The molecule has 0 unspecified atom stereocenters. The zero-order valence-corrected chi connectivity index (χ0v) is 14.1. The van der Waals surface area contributed by atoms with Crippen LogP contribution in [0.15, 0.2) is 28.7 Å². The Balaban J connectivity index is 1.84. The minimum atomic E-state index is 0.717. The molecular weight excluding hydrogens is 332 g/mol. The summed E-state index contributed by atoms with van der Waals surface area (Å²) in [6.45, 7) is 4.25. The van der Waals surface area contributed by atoms with Crippen LogP contribution < -0.4 is 5.32 Å². The highest BCUT2D eigenvalue weighted by Gasteiger charge is 2.29. The quantitative estimate of drug-likeness (QED) is 0.745. The molecule has 1 heterocycles. The molecule has 0 atom stereocenters. The van der Waals surface area contributed by atoms with E-state index in [-0.39, 0.29) is 0 Å². The largest absolute Gasteiger partial charge is 0.312 e. The van der Waals surface area contributed by atoms with E-state index >= 15 is 0 Å². The van der Waals surface area contributed by atoms with Gasteiger partial charge in [-0.1, -0.05) is 35.0 Å². The van der Waals surface area contributed by atoms with Crippen LogP contribution in [0.2, 0.25) is 0 Å². The van der Waals surface area contributed by atoms with Crippen LogP contribution >= 0.6 is 27.3 Å². The lowest BCUT2D eigenvalue weighted by Gasteiger charge is -2.01. The van der Waals surface area contributed by atoms with Gasteiger partial charge in [-0.2, -0.15) is 0 Å². The van der Waals surface area contributed by atoms with Gasteiger partial charge in [0.15, 0.2) is 0 Å². The normalized spacial score (nSPS) is 14.7. The van der Waals surface area contributed by atoms with E-state index in [1.54, 1.807) is 0 Å². The smallest absolute Gasteiger partial charge is 0.123 e. The third-order valence-electron chi connectivity index (χ3n) is 3.50. The summed E-state index contributed by atoms with van der Waals surface area (Å²) in [4.78, 5) is 6.34. The lowest BCUT2D eigenvalue weighted by molar-refractivity contribution is 0.676. The summed E-state index contributed by atoms with van der Waals surface area (Å²) >= 11 is 5.33. The number of nitrogens with zero attached hydrogens (tertiary/aromatic N) is 1. The second-order valence-electron chi connectivity index (χ2n) is 5.29. The summed E-state index contributed by atoms with van der Waals surface area (Å²) in [5, 5.41) is 4.67. The first-order chi connectivity index (χ1) is 9.78. The number of thiazole rings is 1. The molecule has 0 saturated heterocycles. The lowest BCUT2D eigenvalue weighted by Crippen LogP contribution is -2.13. The molecule has 1 fully saturated rings. The van der Waals surface area contributed by atoms with Gasteiger partial charge in [-0.3, -0.25) is 0 Å². The van der Waals surface area contributed by atoms with Gasteiger partial charge in [-0.15, -0.1) is 11.3 Å². The SMILES string of the molecule is CCCNCc1sc(-c2ccc(Br)cc2)nc1C1CC1. The number of rotatable bonds is 6. The highest BCUT2D eigenvalue weighted by Crippen LogP contribution is 2.44. The van der Waals surface area contributed by atoms with Crippen LogP contribution in [0.1, 0.15) is 42.7 Å². The standard InChI is InChI=1S/C16H19BrN2S/c1-2-9-18-10-14-15(11-3-4-11)19-16(20-14)12-5-7-13(17)8-6-12/h5-8,11,18H,2-4,9-10H2,1H3. The molecule has 4 heteroatoms. The van der Waals surface area contributed by atoms with Crippen molar-refractivity contribution < 1.29 is 0 Å². The fourth-order valence-electron chi connectivity index (χ4n) is 2.26. The van der Waals surface area contributed by atoms with Crippen LogP contribution in [0.5, 0.6) is 0 Å². The third kappa shape index (κ3) is 3.30. The first-order valence-corrected chi connectivity index (χ1v) is 8.85. The fraction of sp³-hybridized carbons (Fsp3) is 0.438. The number of halogens is 1. The molecule has 3 rings (SSSR count). The van der Waals surface area contributed by atoms with E-state index in [2.05, 4.69) is 52.4 Å². The van der Waals surface area contributed by atoms with Crippen LogP contribution in [0.4, 0.5) is 0 Å². The summed E-state index contributed by atoms with van der Waals surface area (Å²) in [7, 11) is 0.